The number of carbonyl (C=O) groups is 2. The van der Waals surface area contributed by atoms with Gasteiger partial charge < -0.3 is 29.7 Å². The zero-order valence-corrected chi connectivity index (χ0v) is 37.4. The van der Waals surface area contributed by atoms with E-state index < -0.39 is 64.5 Å². The van der Waals surface area contributed by atoms with Gasteiger partial charge in [-0.2, -0.15) is 0 Å². The Morgan fingerprint density at radius 1 is 0.567 bits per heavy atom. The molecule has 11 nitrogen and oxygen atoms in total. The average molecular weight is 861 g/mol. The average Bonchev–Trinajstić information content (AvgIpc) is 3.23. The Labute approximate surface area is 361 Å². The van der Waals surface area contributed by atoms with Crippen molar-refractivity contribution in [3.63, 3.8) is 0 Å². The highest BCUT2D eigenvalue weighted by Gasteiger charge is 2.27. The number of aliphatic hydroxyl groups is 3. The monoisotopic (exact) mass is 861 g/mol. The maximum atomic E-state index is 12.6. The molecule has 0 saturated heterocycles. The molecule has 0 fully saturated rings. The number of aliphatic hydroxyl groups excluding tert-OH is 3. The van der Waals surface area contributed by atoms with E-state index in [0.29, 0.717) is 19.3 Å². The third kappa shape index (κ3) is 41.3. The van der Waals surface area contributed by atoms with E-state index in [2.05, 4.69) is 73.1 Å². The second-order valence-corrected chi connectivity index (χ2v) is 15.7. The highest BCUT2D eigenvalue weighted by Crippen LogP contribution is 2.43. The number of rotatable bonds is 39. The minimum atomic E-state index is -4.67. The fraction of sp³-hybridized carbons (Fsp3) is 0.583. The van der Waals surface area contributed by atoms with Crippen LogP contribution in [-0.4, -0.2) is 76.9 Å². The van der Waals surface area contributed by atoms with Crippen LogP contribution in [0.15, 0.2) is 109 Å². The van der Waals surface area contributed by atoms with Crippen LogP contribution in [0.4, 0.5) is 0 Å². The van der Waals surface area contributed by atoms with E-state index in [-0.39, 0.29) is 12.8 Å². The lowest BCUT2D eigenvalue weighted by atomic mass is 10.1. The Kier molecular flexibility index (Phi) is 39.9. The fourth-order valence-corrected chi connectivity index (χ4v) is 5.87. The molecule has 4 atom stereocenters. The van der Waals surface area contributed by atoms with Crippen LogP contribution in [0.3, 0.4) is 0 Å². The van der Waals surface area contributed by atoms with Gasteiger partial charge in [0.15, 0.2) is 6.10 Å². The molecule has 0 aliphatic heterocycles. The van der Waals surface area contributed by atoms with Gasteiger partial charge in [0, 0.05) is 12.8 Å². The number of esters is 2. The van der Waals surface area contributed by atoms with E-state index in [1.807, 2.05) is 54.7 Å². The van der Waals surface area contributed by atoms with Crippen LogP contribution < -0.4 is 0 Å². The summed E-state index contributed by atoms with van der Waals surface area (Å²) in [7, 11) is -4.67. The van der Waals surface area contributed by atoms with Crippen LogP contribution >= 0.6 is 7.82 Å². The predicted octanol–water partition coefficient (Wildman–Crippen LogP) is 10.7. The van der Waals surface area contributed by atoms with Crippen molar-refractivity contribution < 1.29 is 52.9 Å². The molecule has 0 aliphatic carbocycles. The van der Waals surface area contributed by atoms with Crippen molar-refractivity contribution in [1.82, 2.24) is 0 Å². The maximum Gasteiger partial charge on any atom is 0.472 e. The van der Waals surface area contributed by atoms with Crippen molar-refractivity contribution in [1.29, 1.82) is 0 Å². The SMILES string of the molecule is CCCCC/C=C\C/C=C\C/C=C\C/C=C\C/C=C\CCC(=O)OC[C@H](COP(=O)(O)OC[C@@H](O)CO)OC(=O)CCC/C=C\C/C=C\C/C=C\C=C\[C@@H](O)CCCCC. The first-order valence-corrected chi connectivity index (χ1v) is 23.4. The molecule has 0 radical (unpaired) electrons. The summed E-state index contributed by atoms with van der Waals surface area (Å²) >= 11 is 0. The molecule has 0 bridgehead atoms. The van der Waals surface area contributed by atoms with Gasteiger partial charge in [-0.3, -0.25) is 18.6 Å². The molecule has 0 rings (SSSR count). The molecule has 4 N–H and O–H groups in total. The minimum absolute atomic E-state index is 0.0659. The molecular weight excluding hydrogens is 783 g/mol. The van der Waals surface area contributed by atoms with E-state index in [9.17, 15) is 29.3 Å². The van der Waals surface area contributed by atoms with E-state index in [1.54, 1.807) is 0 Å². The van der Waals surface area contributed by atoms with Crippen LogP contribution in [0, 0.1) is 0 Å². The van der Waals surface area contributed by atoms with Crippen LogP contribution in [0.25, 0.3) is 0 Å². The van der Waals surface area contributed by atoms with Crippen molar-refractivity contribution in [2.75, 3.05) is 26.4 Å². The summed E-state index contributed by atoms with van der Waals surface area (Å²) in [6, 6.07) is 0. The highest BCUT2D eigenvalue weighted by molar-refractivity contribution is 7.47. The molecule has 0 heterocycles. The third-order valence-electron chi connectivity index (χ3n) is 8.52. The van der Waals surface area contributed by atoms with Gasteiger partial charge in [0.05, 0.1) is 25.9 Å². The highest BCUT2D eigenvalue weighted by atomic mass is 31.2. The van der Waals surface area contributed by atoms with Crippen molar-refractivity contribution >= 4 is 19.8 Å². The molecule has 0 amide bonds. The molecule has 340 valence electrons. The smallest absolute Gasteiger partial charge is 0.462 e. The normalized spacial score (nSPS) is 15.4. The molecule has 0 aromatic heterocycles. The largest absolute Gasteiger partial charge is 0.472 e. The van der Waals surface area contributed by atoms with E-state index >= 15 is 0 Å². The zero-order chi connectivity index (χ0) is 44.2. The summed E-state index contributed by atoms with van der Waals surface area (Å²) in [5.74, 6) is -1.13. The first-order valence-electron chi connectivity index (χ1n) is 22.0. The van der Waals surface area contributed by atoms with Crippen LogP contribution in [0.2, 0.25) is 0 Å². The van der Waals surface area contributed by atoms with E-state index in [0.717, 1.165) is 70.6 Å². The zero-order valence-electron chi connectivity index (χ0n) is 36.5. The second kappa shape index (κ2) is 42.3. The number of hydrogen-bond acceptors (Lipinski definition) is 10. The van der Waals surface area contributed by atoms with Gasteiger partial charge in [-0.15, -0.1) is 0 Å². The lowest BCUT2D eigenvalue weighted by Gasteiger charge is -2.20. The molecule has 12 heteroatoms. The first-order chi connectivity index (χ1) is 29.1. The summed E-state index contributed by atoms with van der Waals surface area (Å²) in [5, 5.41) is 28.2. The summed E-state index contributed by atoms with van der Waals surface area (Å²) in [6.07, 6.45) is 49.7. The molecule has 0 aromatic carbocycles. The summed E-state index contributed by atoms with van der Waals surface area (Å²) in [4.78, 5) is 34.9. The van der Waals surface area contributed by atoms with Crippen molar-refractivity contribution in [3.05, 3.63) is 109 Å². The van der Waals surface area contributed by atoms with Crippen LogP contribution in [0.1, 0.15) is 136 Å². The van der Waals surface area contributed by atoms with Gasteiger partial charge in [-0.1, -0.05) is 155 Å². The van der Waals surface area contributed by atoms with Crippen molar-refractivity contribution in [2.45, 2.75) is 154 Å². The fourth-order valence-electron chi connectivity index (χ4n) is 5.08. The summed E-state index contributed by atoms with van der Waals surface area (Å²) in [5.41, 5.74) is 0. The van der Waals surface area contributed by atoms with Gasteiger partial charge in [-0.25, -0.2) is 4.57 Å². The molecule has 60 heavy (non-hydrogen) atoms. The number of unbranched alkanes of at least 4 members (excludes halogenated alkanes) is 6. The second-order valence-electron chi connectivity index (χ2n) is 14.2. The standard InChI is InChI=1S/C48H77O11P/c1-3-5-7-8-9-10-11-12-13-14-15-16-17-18-21-24-27-30-34-38-47(52)56-42-46(43-58-60(54,55)57-41-45(51)40-49)59-48(53)39-35-31-28-25-22-19-20-23-26-29-33-37-44(50)36-32-6-4-2/h9-10,12-13,15-16,18-21,25-30,33,37,44-46,49-51H,3-8,11,14,17,22-24,31-32,34-36,38-43H2,1-2H3,(H,54,55)/b10-9-,13-12-,16-15-,20-19-,21-18-,28-25-,29-26-,30-27-,37-33+/t44-,45-,46+/m0/s1. The number of carbonyl (C=O) groups excluding carboxylic acids is 2. The maximum absolute atomic E-state index is 12.6. The lowest BCUT2D eigenvalue weighted by molar-refractivity contribution is -0.161. The van der Waals surface area contributed by atoms with Gasteiger partial charge in [0.1, 0.15) is 12.7 Å². The van der Waals surface area contributed by atoms with Crippen molar-refractivity contribution in [2.24, 2.45) is 0 Å². The summed E-state index contributed by atoms with van der Waals surface area (Å²) in [6.45, 7) is 2.03. The Balaban J connectivity index is 4.57. The number of ether oxygens (including phenoxy) is 2. The van der Waals surface area contributed by atoms with Gasteiger partial charge in [0.2, 0.25) is 0 Å². The number of hydrogen-bond donors (Lipinski definition) is 4. The lowest BCUT2D eigenvalue weighted by Crippen LogP contribution is -2.29. The topological polar surface area (TPSA) is 169 Å². The Hall–Kier alpha value is -3.41. The van der Waals surface area contributed by atoms with Gasteiger partial charge in [-0.05, 0) is 77.0 Å². The van der Waals surface area contributed by atoms with Crippen LogP contribution in [0.5, 0.6) is 0 Å². The molecular formula is C48H77O11P. The minimum Gasteiger partial charge on any atom is -0.462 e. The first kappa shape index (κ1) is 56.6. The number of allylic oxidation sites excluding steroid dienone is 17. The van der Waals surface area contributed by atoms with Crippen LogP contribution in [-0.2, 0) is 32.7 Å². The number of phosphoric ester groups is 1. The Morgan fingerprint density at radius 2 is 1.07 bits per heavy atom. The molecule has 0 spiro atoms. The molecule has 0 aromatic rings. The third-order valence-corrected chi connectivity index (χ3v) is 9.47. The van der Waals surface area contributed by atoms with E-state index in [4.69, 9.17) is 19.1 Å². The van der Waals surface area contributed by atoms with Crippen molar-refractivity contribution in [3.8, 4) is 0 Å². The van der Waals surface area contributed by atoms with E-state index in [1.165, 1.54) is 19.3 Å². The molecule has 0 saturated carbocycles. The summed E-state index contributed by atoms with van der Waals surface area (Å²) < 4.78 is 32.5. The predicted molar refractivity (Wildman–Crippen MR) is 243 cm³/mol. The molecule has 1 unspecified atom stereocenters. The Bertz CT molecular complexity index is 1380. The van der Waals surface area contributed by atoms with Gasteiger partial charge in [0.25, 0.3) is 0 Å². The quantitative estimate of drug-likeness (QED) is 0.0153. The van der Waals surface area contributed by atoms with Gasteiger partial charge >= 0.3 is 19.8 Å². The molecule has 0 aliphatic rings. The number of phosphoric acid groups is 1. The Morgan fingerprint density at radius 3 is 1.63 bits per heavy atom.